The molecule has 10 N–H and O–H groups in total. The Balaban J connectivity index is 1.11. The van der Waals surface area contributed by atoms with Gasteiger partial charge >= 0.3 is 14.6 Å². The summed E-state index contributed by atoms with van der Waals surface area (Å²) in [6.45, 7) is 1.23. The van der Waals surface area contributed by atoms with Crippen LogP contribution in [-0.4, -0.2) is 81.4 Å². The van der Waals surface area contributed by atoms with Gasteiger partial charge in [-0.15, -0.1) is 0 Å². The Hall–Kier alpha value is -7.99. The summed E-state index contributed by atoms with van der Waals surface area (Å²) in [5.74, 6) is -6.12. The average molecular weight is 868 g/mol. The van der Waals surface area contributed by atoms with Crippen LogP contribution in [0.25, 0.3) is 6.08 Å². The molecule has 0 heterocycles. The molecule has 20 heteroatoms. The van der Waals surface area contributed by atoms with Crippen molar-refractivity contribution in [2.45, 2.75) is 6.92 Å². The number of carbonyl (C=O) groups is 6. The molecule has 0 atom stereocenters. The van der Waals surface area contributed by atoms with Gasteiger partial charge in [-0.1, -0.05) is 12.1 Å². The van der Waals surface area contributed by atoms with Gasteiger partial charge in [-0.05, 0) is 103 Å². The van der Waals surface area contributed by atoms with Crippen LogP contribution in [0.4, 0.5) is 22.7 Å². The van der Waals surface area contributed by atoms with E-state index in [1.807, 2.05) is 0 Å². The van der Waals surface area contributed by atoms with Crippen LogP contribution in [0.15, 0.2) is 103 Å². The zero-order valence-corrected chi connectivity index (χ0v) is 33.8. The Morgan fingerprint density at radius 2 is 1.11 bits per heavy atom. The van der Waals surface area contributed by atoms with E-state index in [1.165, 1.54) is 86.0 Å². The fourth-order valence-corrected chi connectivity index (χ4v) is 5.94. The third-order valence-electron chi connectivity index (χ3n) is 8.70. The van der Waals surface area contributed by atoms with Crippen LogP contribution in [0.5, 0.6) is 28.7 Å². The van der Waals surface area contributed by atoms with E-state index in [1.54, 1.807) is 25.1 Å². The summed E-state index contributed by atoms with van der Waals surface area (Å²) in [6.07, 6.45) is 1.63. The van der Waals surface area contributed by atoms with E-state index in [2.05, 4.69) is 26.6 Å². The monoisotopic (exact) mass is 867 g/mol. The molecule has 0 aliphatic carbocycles. The van der Waals surface area contributed by atoms with Crippen molar-refractivity contribution >= 4 is 72.9 Å². The van der Waals surface area contributed by atoms with Gasteiger partial charge in [-0.2, -0.15) is 0 Å². The maximum Gasteiger partial charge on any atom is 0.391 e. The van der Waals surface area contributed by atoms with E-state index in [9.17, 15) is 44.1 Å². The summed E-state index contributed by atoms with van der Waals surface area (Å²) in [5.41, 5.74) is 1.32. The number of anilines is 4. The van der Waals surface area contributed by atoms with E-state index < -0.39 is 61.2 Å². The molecule has 0 fully saturated rings. The second-order valence-corrected chi connectivity index (χ2v) is 13.6. The Labute approximate surface area is 353 Å². The Morgan fingerprint density at radius 1 is 0.613 bits per heavy atom. The third kappa shape index (κ3) is 11.4. The lowest BCUT2D eigenvalue weighted by Crippen LogP contribution is -2.32. The van der Waals surface area contributed by atoms with E-state index in [-0.39, 0.29) is 51.9 Å². The van der Waals surface area contributed by atoms with Crippen LogP contribution in [0.2, 0.25) is 0 Å². The van der Waals surface area contributed by atoms with Gasteiger partial charge in [-0.25, -0.2) is 4.79 Å². The van der Waals surface area contributed by atoms with Crippen LogP contribution in [0.3, 0.4) is 0 Å². The molecule has 0 unspecified atom stereocenters. The number of methoxy groups -OCH3 is 2. The quantitative estimate of drug-likeness (QED) is 0.0444. The van der Waals surface area contributed by atoms with Gasteiger partial charge in [0.1, 0.15) is 11.3 Å². The molecular formula is C42H38N5O14P. The Morgan fingerprint density at radius 3 is 1.65 bits per heavy atom. The topological polar surface area (TPSA) is 291 Å². The highest BCUT2D eigenvalue weighted by Gasteiger charge is 2.24. The number of rotatable bonds is 16. The molecule has 0 radical (unpaired) electrons. The molecule has 0 aliphatic heterocycles. The normalized spacial score (nSPS) is 10.9. The van der Waals surface area contributed by atoms with Crippen LogP contribution in [0.1, 0.15) is 53.9 Å². The smallest absolute Gasteiger partial charge is 0.391 e. The fraction of sp³-hybridized carbons (Fsp3) is 0.0952. The third-order valence-corrected chi connectivity index (χ3v) is 9.07. The van der Waals surface area contributed by atoms with E-state index in [4.69, 9.17) is 23.8 Å². The molecule has 320 valence electrons. The minimum Gasteiger partial charge on any atom is -0.504 e. The zero-order valence-electron chi connectivity index (χ0n) is 32.9. The number of aromatic hydroxyl groups is 2. The SMILES string of the molecule is COc1c(NC(=O)c2ccc(NC(=O)c3ccc(NC(=O)CNC(=O)c4ccc(NC(=O)/C(C)=C/c5ccc(OP(O)O)cc5)cc4)cc3)c(OC)c2O)ccc(C(=O)O)c1O. The van der Waals surface area contributed by atoms with E-state index in [0.29, 0.717) is 22.5 Å². The molecule has 5 rings (SSSR count). The molecule has 5 aromatic carbocycles. The van der Waals surface area contributed by atoms with Crippen LogP contribution >= 0.6 is 8.60 Å². The van der Waals surface area contributed by atoms with Crippen molar-refractivity contribution in [1.29, 1.82) is 0 Å². The molecule has 0 aliphatic rings. The van der Waals surface area contributed by atoms with Gasteiger partial charge in [0.15, 0.2) is 23.0 Å². The number of aromatic carboxylic acids is 1. The number of phenolic OH excluding ortho intramolecular Hbond substituents is 1. The van der Waals surface area contributed by atoms with Crippen molar-refractivity contribution < 1.29 is 67.9 Å². The Bertz CT molecular complexity index is 2550. The number of hydrogen-bond donors (Lipinski definition) is 10. The molecule has 0 bridgehead atoms. The van der Waals surface area contributed by atoms with E-state index in [0.717, 1.165) is 13.2 Å². The second-order valence-electron chi connectivity index (χ2n) is 12.9. The molecule has 5 amide bonds. The maximum atomic E-state index is 13.1. The highest BCUT2D eigenvalue weighted by Crippen LogP contribution is 2.40. The maximum absolute atomic E-state index is 13.1. The molecule has 0 saturated heterocycles. The van der Waals surface area contributed by atoms with E-state index >= 15 is 0 Å². The zero-order chi connectivity index (χ0) is 45.1. The molecule has 5 aromatic rings. The lowest BCUT2D eigenvalue weighted by atomic mass is 10.1. The van der Waals surface area contributed by atoms with Gasteiger partial charge in [0.25, 0.3) is 23.6 Å². The van der Waals surface area contributed by atoms with Gasteiger partial charge in [0, 0.05) is 28.1 Å². The van der Waals surface area contributed by atoms with Crippen molar-refractivity contribution in [2.75, 3.05) is 42.0 Å². The standard InChI is InChI=1S/C42H38N5O14P/c1-22(20-23-4-14-28(15-5-23)61-62(57)58)38(51)45-27-12-6-24(7-13-27)39(52)43-21-33(48)44-26-10-8-25(9-11-26)40(53)46-31-18-16-29(34(49)36(31)59-2)41(54)47-32-19-17-30(42(55)56)35(50)37(32)60-3/h4-20,49-50,57-58H,21H2,1-3H3,(H,43,52)(H,44,48)(H,45,51)(H,46,53)(H,47,54)(H,55,56)/b22-20+. The highest BCUT2D eigenvalue weighted by atomic mass is 31.2. The average Bonchev–Trinajstić information content (AvgIpc) is 3.24. The molecule has 0 spiro atoms. The number of carbonyl (C=O) groups excluding carboxylic acids is 5. The van der Waals surface area contributed by atoms with Gasteiger partial charge in [0.05, 0.1) is 37.7 Å². The predicted octanol–water partition coefficient (Wildman–Crippen LogP) is 5.32. The van der Waals surface area contributed by atoms with Crippen molar-refractivity contribution in [3.63, 3.8) is 0 Å². The van der Waals surface area contributed by atoms with Gasteiger partial charge in [0.2, 0.25) is 5.91 Å². The molecule has 0 saturated carbocycles. The number of hydrogen-bond acceptors (Lipinski definition) is 13. The van der Waals surface area contributed by atoms with Crippen molar-refractivity contribution in [1.82, 2.24) is 5.32 Å². The first kappa shape index (κ1) is 45.1. The fourth-order valence-electron chi connectivity index (χ4n) is 5.63. The highest BCUT2D eigenvalue weighted by molar-refractivity contribution is 7.39. The summed E-state index contributed by atoms with van der Waals surface area (Å²) in [5, 5.41) is 43.2. The Kier molecular flexibility index (Phi) is 14.8. The minimum atomic E-state index is -2.54. The number of benzene rings is 5. The predicted molar refractivity (Wildman–Crippen MR) is 227 cm³/mol. The summed E-state index contributed by atoms with van der Waals surface area (Å²) >= 11 is 0. The largest absolute Gasteiger partial charge is 0.504 e. The number of phenols is 2. The number of carboxylic acid groups (broad SMARTS) is 1. The summed E-state index contributed by atoms with van der Waals surface area (Å²) in [4.78, 5) is 93.5. The van der Waals surface area contributed by atoms with Crippen LogP contribution in [-0.2, 0) is 9.59 Å². The lowest BCUT2D eigenvalue weighted by molar-refractivity contribution is -0.115. The molecule has 19 nitrogen and oxygen atoms in total. The molecule has 62 heavy (non-hydrogen) atoms. The number of ether oxygens (including phenoxy) is 2. The van der Waals surface area contributed by atoms with Crippen molar-refractivity contribution in [3.05, 3.63) is 130 Å². The summed E-state index contributed by atoms with van der Waals surface area (Å²) in [7, 11) is -0.177. The lowest BCUT2D eigenvalue weighted by Gasteiger charge is -2.16. The number of carboxylic acids is 1. The molecular weight excluding hydrogens is 829 g/mol. The summed E-state index contributed by atoms with van der Waals surface area (Å²) in [6, 6.07) is 22.8. The van der Waals surface area contributed by atoms with Gasteiger partial charge < -0.3 is 65.7 Å². The first-order chi connectivity index (χ1) is 29.6. The van der Waals surface area contributed by atoms with Crippen molar-refractivity contribution in [2.24, 2.45) is 0 Å². The first-order valence-corrected chi connectivity index (χ1v) is 19.1. The van der Waals surface area contributed by atoms with Crippen molar-refractivity contribution in [3.8, 4) is 28.7 Å². The summed E-state index contributed by atoms with van der Waals surface area (Å²) < 4.78 is 15.1. The number of amides is 5. The number of nitrogens with one attached hydrogen (secondary N) is 5. The first-order valence-electron chi connectivity index (χ1n) is 18.0. The van der Waals surface area contributed by atoms with Crippen LogP contribution in [0, 0.1) is 0 Å². The van der Waals surface area contributed by atoms with Crippen LogP contribution < -0.4 is 40.6 Å². The second kappa shape index (κ2) is 20.3. The van der Waals surface area contributed by atoms with Gasteiger partial charge in [-0.3, -0.25) is 24.0 Å². The minimum absolute atomic E-state index is 0.00162. The molecule has 0 aromatic heterocycles.